The highest BCUT2D eigenvalue weighted by atomic mass is 35.5. The van der Waals surface area contributed by atoms with Gasteiger partial charge in [0.05, 0.1) is 0 Å². The number of carbonyl (C=O) groups excluding carboxylic acids is 2. The summed E-state index contributed by atoms with van der Waals surface area (Å²) in [4.78, 5) is 53.2. The number of nitrogens with zero attached hydrogens (tertiary/aromatic N) is 5. The molecule has 1 aromatic carbocycles. The Morgan fingerprint density at radius 1 is 1.15 bits per heavy atom. The topological polar surface area (TPSA) is 116 Å². The third kappa shape index (κ3) is 6.38. The predicted molar refractivity (Wildman–Crippen MR) is 157 cm³/mol. The summed E-state index contributed by atoms with van der Waals surface area (Å²) < 4.78 is 5.59. The number of rotatable bonds is 11. The van der Waals surface area contributed by atoms with Crippen LogP contribution in [0.25, 0.3) is 0 Å². The normalized spacial score (nSPS) is 17.2. The number of piperidine rings is 1. The number of carboxylic acid groups (broad SMARTS) is 1. The highest BCUT2D eigenvalue weighted by Crippen LogP contribution is 2.39. The van der Waals surface area contributed by atoms with Crippen LogP contribution in [0.2, 0.25) is 10.0 Å². The van der Waals surface area contributed by atoms with Gasteiger partial charge in [0, 0.05) is 48.5 Å². The maximum atomic E-state index is 14.0. The lowest BCUT2D eigenvalue weighted by Crippen LogP contribution is -2.57. The third-order valence-corrected chi connectivity index (χ3v) is 8.79. The van der Waals surface area contributed by atoms with E-state index in [2.05, 4.69) is 23.8 Å². The number of carbonyl (C=O) groups is 3. The van der Waals surface area contributed by atoms with Crippen LogP contribution in [0.15, 0.2) is 30.5 Å². The molecule has 3 amide bonds. The van der Waals surface area contributed by atoms with Crippen molar-refractivity contribution >= 4 is 47.1 Å². The van der Waals surface area contributed by atoms with Crippen molar-refractivity contribution in [3.63, 3.8) is 0 Å². The van der Waals surface area contributed by atoms with Gasteiger partial charge in [-0.05, 0) is 56.7 Å². The van der Waals surface area contributed by atoms with Gasteiger partial charge in [-0.15, -0.1) is 0 Å². The van der Waals surface area contributed by atoms with Crippen LogP contribution in [0.1, 0.15) is 58.9 Å². The predicted octanol–water partition coefficient (Wildman–Crippen LogP) is 5.31. The average molecular weight is 607 g/mol. The van der Waals surface area contributed by atoms with Gasteiger partial charge < -0.3 is 19.6 Å². The van der Waals surface area contributed by atoms with Crippen LogP contribution in [0, 0.1) is 5.92 Å². The Morgan fingerprint density at radius 2 is 1.83 bits per heavy atom. The highest BCUT2D eigenvalue weighted by molar-refractivity contribution is 6.35. The summed E-state index contributed by atoms with van der Waals surface area (Å²) in [6.07, 6.45) is 4.57. The molecule has 41 heavy (non-hydrogen) atoms. The number of urea groups is 1. The number of carboxylic acids is 1. The van der Waals surface area contributed by atoms with Crippen molar-refractivity contribution in [1.29, 1.82) is 0 Å². The Kier molecular flexibility index (Phi) is 9.33. The van der Waals surface area contributed by atoms with Crippen LogP contribution in [0.4, 0.5) is 10.7 Å². The lowest BCUT2D eigenvalue weighted by Gasteiger charge is -2.42. The number of hydrogen-bond donors (Lipinski definition) is 1. The summed E-state index contributed by atoms with van der Waals surface area (Å²) >= 11 is 12.5. The Morgan fingerprint density at radius 3 is 2.44 bits per heavy atom. The maximum absolute atomic E-state index is 14.0. The van der Waals surface area contributed by atoms with E-state index in [9.17, 15) is 19.5 Å². The zero-order chi connectivity index (χ0) is 29.9. The van der Waals surface area contributed by atoms with E-state index in [0.717, 1.165) is 18.4 Å². The number of anilines is 1. The van der Waals surface area contributed by atoms with E-state index in [1.165, 1.54) is 31.0 Å². The van der Waals surface area contributed by atoms with Crippen molar-refractivity contribution in [3.05, 3.63) is 46.1 Å². The molecule has 0 radical (unpaired) electrons. The van der Waals surface area contributed by atoms with Crippen molar-refractivity contribution in [1.82, 2.24) is 19.8 Å². The van der Waals surface area contributed by atoms with Gasteiger partial charge in [-0.3, -0.25) is 9.69 Å². The average Bonchev–Trinajstić information content (AvgIpc) is 3.12. The van der Waals surface area contributed by atoms with Gasteiger partial charge in [-0.1, -0.05) is 56.0 Å². The fourth-order valence-corrected chi connectivity index (χ4v) is 5.92. The molecule has 12 heteroatoms. The SMILES string of the molecule is CCC(CC)CN1C(=O)N(CCc2ccc(Cl)cc2Cl)C2(CCN(c3nccc(OC(C)(C)C(=O)O)n3)CC2)C1=O. The molecule has 2 aromatic rings. The molecular formula is C29H37Cl2N5O5. The second kappa shape index (κ2) is 12.4. The molecule has 0 atom stereocenters. The van der Waals surface area contributed by atoms with Crippen LogP contribution >= 0.6 is 23.2 Å². The summed E-state index contributed by atoms with van der Waals surface area (Å²) in [5.74, 6) is -0.509. The fourth-order valence-electron chi connectivity index (χ4n) is 5.42. The van der Waals surface area contributed by atoms with Crippen molar-refractivity contribution in [2.24, 2.45) is 5.92 Å². The van der Waals surface area contributed by atoms with Crippen molar-refractivity contribution < 1.29 is 24.2 Å². The summed E-state index contributed by atoms with van der Waals surface area (Å²) in [6.45, 7) is 8.65. The van der Waals surface area contributed by atoms with E-state index in [1.54, 1.807) is 17.0 Å². The van der Waals surface area contributed by atoms with Gasteiger partial charge >= 0.3 is 12.0 Å². The molecule has 0 unspecified atom stereocenters. The Labute approximate surface area is 250 Å². The number of benzene rings is 1. The van der Waals surface area contributed by atoms with Crippen LogP contribution in [-0.2, 0) is 16.0 Å². The Bertz CT molecular complexity index is 1290. The molecule has 1 N–H and O–H groups in total. The zero-order valence-corrected chi connectivity index (χ0v) is 25.4. The third-order valence-electron chi connectivity index (χ3n) is 8.20. The number of hydrogen-bond acceptors (Lipinski definition) is 7. The van der Waals surface area contributed by atoms with Gasteiger partial charge in [0.25, 0.3) is 5.91 Å². The van der Waals surface area contributed by atoms with Gasteiger partial charge in [-0.2, -0.15) is 4.98 Å². The number of ether oxygens (including phenoxy) is 1. The van der Waals surface area contributed by atoms with Crippen molar-refractivity contribution in [3.8, 4) is 5.88 Å². The standard InChI is InChI=1S/C29H37Cl2N5O5/c1-5-19(6-2)18-35-24(37)29(36(27(35)40)14-10-20-7-8-21(30)17-22(20)31)11-15-34(16-12-29)26-32-13-9-23(33-26)41-28(3,4)25(38)39/h7-9,13,17,19H,5-6,10-12,14-16,18H2,1-4H3,(H,38,39). The first kappa shape index (κ1) is 30.8. The number of amides is 3. The van der Waals surface area contributed by atoms with E-state index in [1.807, 2.05) is 11.0 Å². The molecule has 2 aliphatic rings. The molecule has 0 saturated carbocycles. The van der Waals surface area contributed by atoms with Crippen LogP contribution < -0.4 is 9.64 Å². The molecule has 222 valence electrons. The molecule has 0 bridgehead atoms. The molecular weight excluding hydrogens is 569 g/mol. The highest BCUT2D eigenvalue weighted by Gasteiger charge is 2.58. The van der Waals surface area contributed by atoms with Gasteiger partial charge in [0.2, 0.25) is 17.4 Å². The minimum Gasteiger partial charge on any atom is -0.478 e. The molecule has 10 nitrogen and oxygen atoms in total. The van der Waals surface area contributed by atoms with Crippen LogP contribution in [0.5, 0.6) is 5.88 Å². The molecule has 1 spiro atoms. The summed E-state index contributed by atoms with van der Waals surface area (Å²) in [7, 11) is 0. The van der Waals surface area contributed by atoms with Crippen LogP contribution in [-0.4, -0.2) is 80.1 Å². The lowest BCUT2D eigenvalue weighted by atomic mass is 9.85. The largest absolute Gasteiger partial charge is 0.478 e. The molecule has 2 aliphatic heterocycles. The maximum Gasteiger partial charge on any atom is 0.347 e. The number of aromatic nitrogens is 2. The van der Waals surface area contributed by atoms with Crippen LogP contribution in [0.3, 0.4) is 0 Å². The van der Waals surface area contributed by atoms with E-state index < -0.39 is 17.1 Å². The van der Waals surface area contributed by atoms with E-state index in [-0.39, 0.29) is 23.7 Å². The summed E-state index contributed by atoms with van der Waals surface area (Å²) in [5.41, 5.74) is -1.57. The van der Waals surface area contributed by atoms with Gasteiger partial charge in [-0.25, -0.2) is 14.6 Å². The van der Waals surface area contributed by atoms with Crippen molar-refractivity contribution in [2.75, 3.05) is 31.1 Å². The first-order valence-corrected chi connectivity index (χ1v) is 14.7. The fraction of sp³-hybridized carbons (Fsp3) is 0.552. The second-order valence-corrected chi connectivity index (χ2v) is 12.0. The minimum absolute atomic E-state index is 0.146. The van der Waals surface area contributed by atoms with E-state index in [0.29, 0.717) is 61.4 Å². The smallest absolute Gasteiger partial charge is 0.347 e. The lowest BCUT2D eigenvalue weighted by molar-refractivity contribution is -0.152. The Hall–Kier alpha value is -3.11. The summed E-state index contributed by atoms with van der Waals surface area (Å²) in [6, 6.07) is 6.55. The quantitative estimate of drug-likeness (QED) is 0.343. The van der Waals surface area contributed by atoms with Gasteiger partial charge in [0.1, 0.15) is 5.54 Å². The molecule has 3 heterocycles. The second-order valence-electron chi connectivity index (χ2n) is 11.1. The van der Waals surface area contributed by atoms with E-state index >= 15 is 0 Å². The summed E-state index contributed by atoms with van der Waals surface area (Å²) in [5, 5.41) is 10.5. The molecule has 2 fully saturated rings. The minimum atomic E-state index is -1.46. The van der Waals surface area contributed by atoms with E-state index in [4.69, 9.17) is 27.9 Å². The Balaban J connectivity index is 1.56. The first-order chi connectivity index (χ1) is 19.4. The number of aliphatic carboxylic acids is 1. The van der Waals surface area contributed by atoms with Gasteiger partial charge in [0.15, 0.2) is 0 Å². The zero-order valence-electron chi connectivity index (χ0n) is 23.9. The monoisotopic (exact) mass is 605 g/mol. The number of halogens is 2. The number of imide groups is 1. The molecule has 1 aromatic heterocycles. The first-order valence-electron chi connectivity index (χ1n) is 14.0. The molecule has 4 rings (SSSR count). The molecule has 2 saturated heterocycles. The van der Waals surface area contributed by atoms with Crippen molar-refractivity contribution in [2.45, 2.75) is 70.9 Å². The molecule has 0 aliphatic carbocycles.